The summed E-state index contributed by atoms with van der Waals surface area (Å²) >= 11 is 0. The molecule has 0 radical (unpaired) electrons. The van der Waals surface area contributed by atoms with Crippen molar-refractivity contribution < 1.29 is 37.0 Å². The molecule has 238 valence electrons. The highest BCUT2D eigenvalue weighted by Crippen LogP contribution is 2.37. The van der Waals surface area contributed by atoms with Crippen LogP contribution in [0.4, 0.5) is 5.69 Å². The number of nitrogens with one attached hydrogen (secondary N) is 1. The van der Waals surface area contributed by atoms with Crippen LogP contribution in [0.1, 0.15) is 31.4 Å². The number of methoxy groups -OCH3 is 4. The van der Waals surface area contributed by atoms with Crippen molar-refractivity contribution in [1.82, 2.24) is 10.2 Å². The van der Waals surface area contributed by atoms with E-state index in [-0.39, 0.29) is 34.5 Å². The third-order valence-electron chi connectivity index (χ3n) is 7.20. The minimum atomic E-state index is -4.42. The van der Waals surface area contributed by atoms with E-state index < -0.39 is 28.5 Å². The minimum Gasteiger partial charge on any atom is -0.497 e. The van der Waals surface area contributed by atoms with Crippen LogP contribution in [0, 0.1) is 6.92 Å². The number of rotatable bonds is 15. The number of amides is 2. The van der Waals surface area contributed by atoms with Gasteiger partial charge in [-0.3, -0.25) is 13.9 Å². The molecule has 0 aliphatic carbocycles. The first-order chi connectivity index (χ1) is 21.0. The zero-order chi connectivity index (χ0) is 32.4. The first-order valence-electron chi connectivity index (χ1n) is 14.1. The molecule has 0 aromatic heterocycles. The van der Waals surface area contributed by atoms with Crippen molar-refractivity contribution >= 4 is 27.5 Å². The quantitative estimate of drug-likeness (QED) is 0.266. The number of hydrogen-bond donors (Lipinski definition) is 1. The summed E-state index contributed by atoms with van der Waals surface area (Å²) < 4.78 is 51.2. The lowest BCUT2D eigenvalue weighted by Crippen LogP contribution is -2.51. The van der Waals surface area contributed by atoms with Crippen molar-refractivity contribution in [2.45, 2.75) is 44.7 Å². The van der Waals surface area contributed by atoms with Crippen molar-refractivity contribution in [2.75, 3.05) is 45.8 Å². The zero-order valence-corrected chi connectivity index (χ0v) is 27.1. The van der Waals surface area contributed by atoms with Crippen LogP contribution in [0.25, 0.3) is 0 Å². The van der Waals surface area contributed by atoms with Crippen molar-refractivity contribution in [3.8, 4) is 23.0 Å². The van der Waals surface area contributed by atoms with E-state index >= 15 is 0 Å². The van der Waals surface area contributed by atoms with Crippen LogP contribution >= 0.6 is 0 Å². The Hall–Kier alpha value is -4.45. The summed E-state index contributed by atoms with van der Waals surface area (Å²) in [5.74, 6) is 0.138. The Morgan fingerprint density at radius 1 is 0.864 bits per heavy atom. The molecule has 3 aromatic rings. The van der Waals surface area contributed by atoms with Gasteiger partial charge in [-0.15, -0.1) is 0 Å². The molecule has 3 rings (SSSR count). The van der Waals surface area contributed by atoms with E-state index in [9.17, 15) is 18.0 Å². The number of hydrogen-bond acceptors (Lipinski definition) is 8. The molecule has 12 heteroatoms. The Bertz CT molecular complexity index is 1560. The minimum absolute atomic E-state index is 0.0777. The highest BCUT2D eigenvalue weighted by Gasteiger charge is 2.34. The van der Waals surface area contributed by atoms with E-state index in [0.29, 0.717) is 18.0 Å². The third kappa shape index (κ3) is 7.73. The molecule has 0 saturated carbocycles. The number of anilines is 1. The largest absolute Gasteiger partial charge is 0.497 e. The summed E-state index contributed by atoms with van der Waals surface area (Å²) in [6.45, 7) is 5.36. The molecule has 0 aliphatic rings. The molecule has 1 atom stereocenters. The van der Waals surface area contributed by atoms with Crippen LogP contribution < -0.4 is 28.6 Å². The summed E-state index contributed by atoms with van der Waals surface area (Å²) in [5, 5.41) is 2.84. The highest BCUT2D eigenvalue weighted by atomic mass is 32.2. The molecule has 44 heavy (non-hydrogen) atoms. The van der Waals surface area contributed by atoms with E-state index in [2.05, 4.69) is 5.32 Å². The SMILES string of the molecule is CCCNC(=O)[C@H](C)N(Cc1ccccc1C)C(=O)CN(c1cc(OC)ccc1OC)S(=O)(=O)c1ccc(OC)c(OC)c1. The molecule has 0 unspecified atom stereocenters. The smallest absolute Gasteiger partial charge is 0.265 e. The van der Waals surface area contributed by atoms with Gasteiger partial charge >= 0.3 is 0 Å². The maximum atomic E-state index is 14.4. The van der Waals surface area contributed by atoms with Crippen molar-refractivity contribution in [3.63, 3.8) is 0 Å². The van der Waals surface area contributed by atoms with Gasteiger partial charge in [-0.05, 0) is 55.7 Å². The van der Waals surface area contributed by atoms with E-state index in [4.69, 9.17) is 18.9 Å². The number of benzene rings is 3. The first-order valence-corrected chi connectivity index (χ1v) is 15.5. The summed E-state index contributed by atoms with van der Waals surface area (Å²) in [4.78, 5) is 28.6. The van der Waals surface area contributed by atoms with Gasteiger partial charge in [0, 0.05) is 25.2 Å². The van der Waals surface area contributed by atoms with Crippen LogP contribution in [0.5, 0.6) is 23.0 Å². The van der Waals surface area contributed by atoms with Gasteiger partial charge in [-0.2, -0.15) is 0 Å². The molecule has 11 nitrogen and oxygen atoms in total. The maximum Gasteiger partial charge on any atom is 0.265 e. The van der Waals surface area contributed by atoms with Gasteiger partial charge in [0.25, 0.3) is 10.0 Å². The average molecular weight is 628 g/mol. The Morgan fingerprint density at radius 2 is 1.52 bits per heavy atom. The second-order valence-electron chi connectivity index (χ2n) is 9.98. The van der Waals surface area contributed by atoms with E-state index in [1.165, 1.54) is 57.6 Å². The molecule has 0 saturated heterocycles. The standard InChI is InChI=1S/C32H41N3O8S/c1-8-17-33-32(37)23(3)34(20-24-12-10-9-11-22(24)2)31(36)21-35(27-18-25(40-4)13-15-28(27)41-5)44(38,39)26-14-16-29(42-6)30(19-26)43-7/h9-16,18-19,23H,8,17,20-21H2,1-7H3,(H,33,37)/t23-/m0/s1. The summed E-state index contributed by atoms with van der Waals surface area (Å²) in [6, 6.07) is 15.4. The van der Waals surface area contributed by atoms with Gasteiger partial charge in [-0.1, -0.05) is 31.2 Å². The molecule has 3 aromatic carbocycles. The number of carbonyl (C=O) groups is 2. The fraction of sp³-hybridized carbons (Fsp3) is 0.375. The fourth-order valence-corrected chi connectivity index (χ4v) is 5.99. The van der Waals surface area contributed by atoms with E-state index in [1.807, 2.05) is 38.1 Å². The zero-order valence-electron chi connectivity index (χ0n) is 26.2. The molecule has 0 heterocycles. The van der Waals surface area contributed by atoms with Gasteiger partial charge in [0.1, 0.15) is 24.1 Å². The van der Waals surface area contributed by atoms with Crippen molar-refractivity contribution in [3.05, 3.63) is 71.8 Å². The number of carbonyl (C=O) groups excluding carboxylic acids is 2. The number of ether oxygens (including phenoxy) is 4. The summed E-state index contributed by atoms with van der Waals surface area (Å²) in [6.07, 6.45) is 0.719. The summed E-state index contributed by atoms with van der Waals surface area (Å²) in [5.41, 5.74) is 1.83. The average Bonchev–Trinajstić information content (AvgIpc) is 3.04. The molecule has 0 aliphatic heterocycles. The second-order valence-corrected chi connectivity index (χ2v) is 11.8. The van der Waals surface area contributed by atoms with Gasteiger partial charge in [-0.25, -0.2) is 8.42 Å². The molecule has 2 amide bonds. The Balaban J connectivity index is 2.17. The van der Waals surface area contributed by atoms with Gasteiger partial charge in [0.2, 0.25) is 11.8 Å². The molecule has 0 spiro atoms. The fourth-order valence-electron chi connectivity index (χ4n) is 4.56. The van der Waals surface area contributed by atoms with Crippen LogP contribution in [-0.4, -0.2) is 72.7 Å². The molecular weight excluding hydrogens is 586 g/mol. The van der Waals surface area contributed by atoms with E-state index in [0.717, 1.165) is 21.9 Å². The Morgan fingerprint density at radius 3 is 2.14 bits per heavy atom. The highest BCUT2D eigenvalue weighted by molar-refractivity contribution is 7.92. The molecular formula is C32H41N3O8S. The second kappa shape index (κ2) is 15.3. The van der Waals surface area contributed by atoms with Crippen LogP contribution in [-0.2, 0) is 26.2 Å². The predicted molar refractivity (Wildman–Crippen MR) is 168 cm³/mol. The molecule has 0 bridgehead atoms. The Labute approximate surface area is 259 Å². The Kier molecular flexibility index (Phi) is 11.9. The number of nitrogens with zero attached hydrogens (tertiary/aromatic N) is 2. The van der Waals surface area contributed by atoms with Gasteiger partial charge in [0.05, 0.1) is 39.0 Å². The predicted octanol–water partition coefficient (Wildman–Crippen LogP) is 4.17. The molecule has 1 N–H and O–H groups in total. The van der Waals surface area contributed by atoms with Crippen LogP contribution in [0.2, 0.25) is 0 Å². The van der Waals surface area contributed by atoms with Gasteiger partial charge < -0.3 is 29.2 Å². The lowest BCUT2D eigenvalue weighted by molar-refractivity contribution is -0.139. The monoisotopic (exact) mass is 627 g/mol. The lowest BCUT2D eigenvalue weighted by atomic mass is 10.1. The number of aryl methyl sites for hydroxylation is 1. The normalized spacial score (nSPS) is 11.7. The lowest BCUT2D eigenvalue weighted by Gasteiger charge is -2.32. The summed E-state index contributed by atoms with van der Waals surface area (Å²) in [7, 11) is 1.27. The van der Waals surface area contributed by atoms with E-state index in [1.54, 1.807) is 19.1 Å². The van der Waals surface area contributed by atoms with Crippen molar-refractivity contribution in [2.24, 2.45) is 0 Å². The topological polar surface area (TPSA) is 124 Å². The van der Waals surface area contributed by atoms with Crippen molar-refractivity contribution in [1.29, 1.82) is 0 Å². The van der Waals surface area contributed by atoms with Crippen LogP contribution in [0.3, 0.4) is 0 Å². The third-order valence-corrected chi connectivity index (χ3v) is 8.95. The number of sulfonamides is 1. The first kappa shape index (κ1) is 34.0. The molecule has 0 fully saturated rings. The van der Waals surface area contributed by atoms with Crippen LogP contribution in [0.15, 0.2) is 65.6 Å². The maximum absolute atomic E-state index is 14.4. The van der Waals surface area contributed by atoms with Gasteiger partial charge in [0.15, 0.2) is 11.5 Å².